The standard InChI is InChI=1S/C15H26N2/c1-11(2)14-9-5-7-12(3)15(14)17-10-6-8-13(4)16/h5,7,9,11,13,17H,6,8,10,16H2,1-4H3. The van der Waals surface area contributed by atoms with Gasteiger partial charge in [0.25, 0.3) is 0 Å². The molecule has 0 aliphatic heterocycles. The smallest absolute Gasteiger partial charge is 0.0405 e. The zero-order chi connectivity index (χ0) is 12.8. The zero-order valence-corrected chi connectivity index (χ0v) is 11.6. The maximum absolute atomic E-state index is 5.75. The number of nitrogens with one attached hydrogen (secondary N) is 1. The van der Waals surface area contributed by atoms with Crippen molar-refractivity contribution in [2.24, 2.45) is 5.73 Å². The van der Waals surface area contributed by atoms with Crippen molar-refractivity contribution in [2.45, 2.75) is 52.5 Å². The lowest BCUT2D eigenvalue weighted by Crippen LogP contribution is -2.16. The molecular formula is C15H26N2. The Morgan fingerprint density at radius 1 is 1.24 bits per heavy atom. The van der Waals surface area contributed by atoms with Crippen molar-refractivity contribution in [3.63, 3.8) is 0 Å². The average molecular weight is 234 g/mol. The predicted molar refractivity (Wildman–Crippen MR) is 76.6 cm³/mol. The summed E-state index contributed by atoms with van der Waals surface area (Å²) >= 11 is 0. The summed E-state index contributed by atoms with van der Waals surface area (Å²) in [6.45, 7) is 9.71. The monoisotopic (exact) mass is 234 g/mol. The van der Waals surface area contributed by atoms with Gasteiger partial charge in [0.2, 0.25) is 0 Å². The van der Waals surface area contributed by atoms with Crippen LogP contribution in [0.1, 0.15) is 50.7 Å². The second kappa shape index (κ2) is 6.65. The zero-order valence-electron chi connectivity index (χ0n) is 11.6. The van der Waals surface area contributed by atoms with Gasteiger partial charge in [-0.15, -0.1) is 0 Å². The molecule has 0 saturated carbocycles. The molecule has 2 nitrogen and oxygen atoms in total. The normalized spacial score (nSPS) is 12.8. The third kappa shape index (κ3) is 4.39. The van der Waals surface area contributed by atoms with Gasteiger partial charge in [-0.1, -0.05) is 32.0 Å². The summed E-state index contributed by atoms with van der Waals surface area (Å²) in [6, 6.07) is 6.82. The molecule has 0 fully saturated rings. The molecule has 1 aromatic rings. The molecule has 1 atom stereocenters. The number of para-hydroxylation sites is 1. The van der Waals surface area contributed by atoms with Gasteiger partial charge in [0, 0.05) is 18.3 Å². The van der Waals surface area contributed by atoms with E-state index < -0.39 is 0 Å². The van der Waals surface area contributed by atoms with E-state index in [0.29, 0.717) is 12.0 Å². The highest BCUT2D eigenvalue weighted by molar-refractivity contribution is 5.58. The largest absolute Gasteiger partial charge is 0.385 e. The summed E-state index contributed by atoms with van der Waals surface area (Å²) in [5.74, 6) is 0.561. The number of benzene rings is 1. The van der Waals surface area contributed by atoms with Gasteiger partial charge in [0.1, 0.15) is 0 Å². The Labute approximate surface area is 106 Å². The van der Waals surface area contributed by atoms with Crippen molar-refractivity contribution >= 4 is 5.69 Å². The molecule has 0 aliphatic rings. The Hall–Kier alpha value is -1.02. The highest BCUT2D eigenvalue weighted by Gasteiger charge is 2.08. The lowest BCUT2D eigenvalue weighted by molar-refractivity contribution is 0.639. The summed E-state index contributed by atoms with van der Waals surface area (Å²) in [4.78, 5) is 0. The summed E-state index contributed by atoms with van der Waals surface area (Å²) in [7, 11) is 0. The first-order valence-corrected chi connectivity index (χ1v) is 6.61. The van der Waals surface area contributed by atoms with Gasteiger partial charge in [-0.3, -0.25) is 0 Å². The van der Waals surface area contributed by atoms with E-state index in [9.17, 15) is 0 Å². The molecule has 0 saturated heterocycles. The van der Waals surface area contributed by atoms with Crippen molar-refractivity contribution in [2.75, 3.05) is 11.9 Å². The van der Waals surface area contributed by atoms with Crippen LogP contribution in [0.4, 0.5) is 5.69 Å². The van der Waals surface area contributed by atoms with Crippen LogP contribution in [0.15, 0.2) is 18.2 Å². The molecule has 0 aromatic heterocycles. The minimum atomic E-state index is 0.304. The van der Waals surface area contributed by atoms with Crippen molar-refractivity contribution in [3.05, 3.63) is 29.3 Å². The summed E-state index contributed by atoms with van der Waals surface area (Å²) in [5, 5.41) is 3.56. The van der Waals surface area contributed by atoms with Gasteiger partial charge >= 0.3 is 0 Å². The van der Waals surface area contributed by atoms with E-state index in [2.05, 4.69) is 51.2 Å². The highest BCUT2D eigenvalue weighted by Crippen LogP contribution is 2.27. The van der Waals surface area contributed by atoms with E-state index in [1.54, 1.807) is 0 Å². The number of hydrogen-bond acceptors (Lipinski definition) is 2. The van der Waals surface area contributed by atoms with Crippen molar-refractivity contribution in [1.29, 1.82) is 0 Å². The molecular weight excluding hydrogens is 208 g/mol. The third-order valence-corrected chi connectivity index (χ3v) is 3.07. The average Bonchev–Trinajstić information content (AvgIpc) is 2.25. The Balaban J connectivity index is 2.63. The Kier molecular flexibility index (Phi) is 5.49. The highest BCUT2D eigenvalue weighted by atomic mass is 14.9. The summed E-state index contributed by atoms with van der Waals surface area (Å²) in [5.41, 5.74) is 9.80. The molecule has 1 rings (SSSR count). The van der Waals surface area contributed by atoms with E-state index in [0.717, 1.165) is 19.4 Å². The van der Waals surface area contributed by atoms with Crippen LogP contribution < -0.4 is 11.1 Å². The van der Waals surface area contributed by atoms with Crippen molar-refractivity contribution in [1.82, 2.24) is 0 Å². The fourth-order valence-electron chi connectivity index (χ4n) is 2.05. The second-order valence-electron chi connectivity index (χ2n) is 5.24. The molecule has 0 spiro atoms. The molecule has 2 heteroatoms. The van der Waals surface area contributed by atoms with E-state index in [-0.39, 0.29) is 0 Å². The van der Waals surface area contributed by atoms with Crippen molar-refractivity contribution < 1.29 is 0 Å². The SMILES string of the molecule is Cc1cccc(C(C)C)c1NCCCC(C)N. The third-order valence-electron chi connectivity index (χ3n) is 3.07. The first kappa shape index (κ1) is 14.0. The first-order valence-electron chi connectivity index (χ1n) is 6.61. The minimum Gasteiger partial charge on any atom is -0.385 e. The van der Waals surface area contributed by atoms with E-state index >= 15 is 0 Å². The van der Waals surface area contributed by atoms with E-state index in [4.69, 9.17) is 5.73 Å². The molecule has 0 aliphatic carbocycles. The Bertz CT molecular complexity index is 343. The first-order chi connectivity index (χ1) is 8.02. The lowest BCUT2D eigenvalue weighted by atomic mass is 9.98. The van der Waals surface area contributed by atoms with Crippen LogP contribution in [0, 0.1) is 6.92 Å². The van der Waals surface area contributed by atoms with Gasteiger partial charge in [-0.2, -0.15) is 0 Å². The predicted octanol–water partition coefficient (Wildman–Crippen LogP) is 3.66. The molecule has 17 heavy (non-hydrogen) atoms. The van der Waals surface area contributed by atoms with E-state index in [1.165, 1.54) is 16.8 Å². The Morgan fingerprint density at radius 3 is 2.53 bits per heavy atom. The molecule has 1 unspecified atom stereocenters. The van der Waals surface area contributed by atoms with Crippen LogP contribution >= 0.6 is 0 Å². The second-order valence-corrected chi connectivity index (χ2v) is 5.24. The molecule has 1 aromatic carbocycles. The van der Waals surface area contributed by atoms with Gasteiger partial charge < -0.3 is 11.1 Å². The molecule has 0 heterocycles. The maximum atomic E-state index is 5.75. The maximum Gasteiger partial charge on any atom is 0.0405 e. The molecule has 0 bridgehead atoms. The molecule has 3 N–H and O–H groups in total. The molecule has 96 valence electrons. The van der Waals surface area contributed by atoms with E-state index in [1.807, 2.05) is 0 Å². The topological polar surface area (TPSA) is 38.0 Å². The van der Waals surface area contributed by atoms with Crippen LogP contribution in [0.5, 0.6) is 0 Å². The number of rotatable bonds is 6. The van der Waals surface area contributed by atoms with Gasteiger partial charge in [-0.05, 0) is 43.7 Å². The number of aryl methyl sites for hydroxylation is 1. The quantitative estimate of drug-likeness (QED) is 0.737. The summed E-state index contributed by atoms with van der Waals surface area (Å²) in [6.07, 6.45) is 2.21. The van der Waals surface area contributed by atoms with Crippen LogP contribution in [-0.4, -0.2) is 12.6 Å². The lowest BCUT2D eigenvalue weighted by Gasteiger charge is -2.17. The fraction of sp³-hybridized carbons (Fsp3) is 0.600. The number of anilines is 1. The van der Waals surface area contributed by atoms with Gasteiger partial charge in [0.05, 0.1) is 0 Å². The molecule has 0 amide bonds. The van der Waals surface area contributed by atoms with Crippen LogP contribution in [-0.2, 0) is 0 Å². The number of hydrogen-bond donors (Lipinski definition) is 2. The molecule has 0 radical (unpaired) electrons. The van der Waals surface area contributed by atoms with Crippen LogP contribution in [0.3, 0.4) is 0 Å². The van der Waals surface area contributed by atoms with Crippen molar-refractivity contribution in [3.8, 4) is 0 Å². The summed E-state index contributed by atoms with van der Waals surface area (Å²) < 4.78 is 0. The minimum absolute atomic E-state index is 0.304. The Morgan fingerprint density at radius 2 is 1.94 bits per heavy atom. The van der Waals surface area contributed by atoms with Gasteiger partial charge in [0.15, 0.2) is 0 Å². The van der Waals surface area contributed by atoms with Crippen LogP contribution in [0.25, 0.3) is 0 Å². The van der Waals surface area contributed by atoms with Gasteiger partial charge in [-0.25, -0.2) is 0 Å². The number of nitrogens with two attached hydrogens (primary N) is 1. The fourth-order valence-corrected chi connectivity index (χ4v) is 2.05. The van der Waals surface area contributed by atoms with Crippen LogP contribution in [0.2, 0.25) is 0 Å².